The van der Waals surface area contributed by atoms with Gasteiger partial charge in [0, 0.05) is 12.5 Å². The Kier molecular flexibility index (Phi) is 14.3. The van der Waals surface area contributed by atoms with E-state index in [0.717, 1.165) is 24.0 Å². The van der Waals surface area contributed by atoms with Crippen molar-refractivity contribution in [1.29, 1.82) is 0 Å². The molecule has 39 heavy (non-hydrogen) atoms. The van der Waals surface area contributed by atoms with Gasteiger partial charge in [-0.05, 0) is 50.2 Å². The molecule has 2 rings (SSSR count). The Bertz CT molecular complexity index is 1040. The van der Waals surface area contributed by atoms with Crippen molar-refractivity contribution in [3.8, 4) is 0 Å². The monoisotopic (exact) mass is 534 g/mol. The van der Waals surface area contributed by atoms with Crippen LogP contribution < -0.4 is 10.6 Å². The van der Waals surface area contributed by atoms with Gasteiger partial charge in [-0.2, -0.15) is 0 Å². The van der Waals surface area contributed by atoms with E-state index in [4.69, 9.17) is 4.74 Å². The zero-order valence-corrected chi connectivity index (χ0v) is 22.9. The highest BCUT2D eigenvalue weighted by Crippen LogP contribution is 2.23. The van der Waals surface area contributed by atoms with Crippen LogP contribution in [-0.2, 0) is 25.5 Å². The van der Waals surface area contributed by atoms with E-state index in [1.807, 2.05) is 66.7 Å². The van der Waals surface area contributed by atoms with Crippen LogP contribution in [0.25, 0.3) is 0 Å². The average molecular weight is 535 g/mol. The number of aliphatic hydroxyl groups excluding tert-OH is 1. The van der Waals surface area contributed by atoms with Crippen LogP contribution in [0.3, 0.4) is 0 Å². The molecular formula is C32H42N2O5. The molecule has 0 aliphatic rings. The molecule has 0 bridgehead atoms. The maximum absolute atomic E-state index is 13.4. The predicted octanol–water partition coefficient (Wildman–Crippen LogP) is 4.68. The number of carbonyl (C=O) groups is 3. The number of ether oxygens (including phenoxy) is 1. The Hall–Kier alpha value is -3.71. The van der Waals surface area contributed by atoms with Gasteiger partial charge in [0.25, 0.3) is 0 Å². The third-order valence-corrected chi connectivity index (χ3v) is 6.45. The average Bonchev–Trinajstić information content (AvgIpc) is 2.95. The lowest BCUT2D eigenvalue weighted by molar-refractivity contribution is -0.155. The molecule has 2 amide bonds. The fraction of sp³-hybridized carbons (Fsp3) is 0.406. The molecule has 2 aromatic carbocycles. The van der Waals surface area contributed by atoms with E-state index in [2.05, 4.69) is 23.8 Å². The van der Waals surface area contributed by atoms with Crippen molar-refractivity contribution < 1.29 is 24.2 Å². The topological polar surface area (TPSA) is 105 Å². The Morgan fingerprint density at radius 1 is 0.974 bits per heavy atom. The fourth-order valence-corrected chi connectivity index (χ4v) is 4.27. The predicted molar refractivity (Wildman–Crippen MR) is 154 cm³/mol. The fourth-order valence-electron chi connectivity index (χ4n) is 4.27. The summed E-state index contributed by atoms with van der Waals surface area (Å²) in [5.74, 6) is -1.94. The molecule has 0 aliphatic carbocycles. The lowest BCUT2D eigenvalue weighted by Gasteiger charge is -2.24. The van der Waals surface area contributed by atoms with Gasteiger partial charge < -0.3 is 20.5 Å². The molecule has 0 heterocycles. The number of rotatable bonds is 18. The molecule has 0 saturated carbocycles. The van der Waals surface area contributed by atoms with E-state index in [9.17, 15) is 19.5 Å². The van der Waals surface area contributed by atoms with Crippen LogP contribution in [0.5, 0.6) is 0 Å². The number of nitrogens with one attached hydrogen (secondary N) is 2. The Morgan fingerprint density at radius 2 is 1.64 bits per heavy atom. The lowest BCUT2D eigenvalue weighted by Crippen LogP contribution is -2.40. The van der Waals surface area contributed by atoms with Gasteiger partial charge in [0.1, 0.15) is 6.10 Å². The lowest BCUT2D eigenvalue weighted by atomic mass is 9.94. The summed E-state index contributed by atoms with van der Waals surface area (Å²) in [7, 11) is 0. The summed E-state index contributed by atoms with van der Waals surface area (Å²) in [6, 6.07) is 18.8. The molecule has 0 aliphatic heterocycles. The summed E-state index contributed by atoms with van der Waals surface area (Å²) < 4.78 is 6.03. The molecule has 4 atom stereocenters. The molecule has 0 spiro atoms. The highest BCUT2D eigenvalue weighted by Gasteiger charge is 2.27. The van der Waals surface area contributed by atoms with Gasteiger partial charge >= 0.3 is 5.97 Å². The van der Waals surface area contributed by atoms with E-state index in [1.165, 1.54) is 0 Å². The Balaban J connectivity index is 2.13. The van der Waals surface area contributed by atoms with Crippen molar-refractivity contribution in [2.24, 2.45) is 11.8 Å². The first-order chi connectivity index (χ1) is 18.9. The maximum atomic E-state index is 13.4. The first-order valence-corrected chi connectivity index (χ1v) is 13.6. The van der Waals surface area contributed by atoms with Crippen molar-refractivity contribution >= 4 is 17.8 Å². The summed E-state index contributed by atoms with van der Waals surface area (Å²) in [5, 5.41) is 14.7. The van der Waals surface area contributed by atoms with E-state index in [0.29, 0.717) is 19.3 Å². The van der Waals surface area contributed by atoms with Crippen LogP contribution in [-0.4, -0.2) is 42.1 Å². The summed E-state index contributed by atoms with van der Waals surface area (Å²) in [6.07, 6.45) is 5.88. The van der Waals surface area contributed by atoms with Gasteiger partial charge in [-0.15, -0.1) is 13.2 Å². The number of unbranched alkanes of at least 4 members (excludes halogenated alkanes) is 1. The smallest absolute Gasteiger partial charge is 0.309 e. The van der Waals surface area contributed by atoms with Gasteiger partial charge in [-0.3, -0.25) is 14.4 Å². The molecule has 7 heteroatoms. The first-order valence-electron chi connectivity index (χ1n) is 13.6. The van der Waals surface area contributed by atoms with Crippen molar-refractivity contribution in [2.75, 3.05) is 13.2 Å². The quantitative estimate of drug-likeness (QED) is 0.146. The minimum Gasteiger partial charge on any atom is -0.455 e. The number of amides is 2. The number of hydrogen-bond donors (Lipinski definition) is 3. The van der Waals surface area contributed by atoms with Gasteiger partial charge in [0.2, 0.25) is 11.8 Å². The van der Waals surface area contributed by atoms with E-state index >= 15 is 0 Å². The number of hydrogen-bond acceptors (Lipinski definition) is 5. The second-order valence-corrected chi connectivity index (χ2v) is 9.76. The number of allylic oxidation sites excluding steroid dienone is 2. The number of benzene rings is 2. The minimum absolute atomic E-state index is 0.0412. The van der Waals surface area contributed by atoms with Gasteiger partial charge in [0.15, 0.2) is 0 Å². The first kappa shape index (κ1) is 31.5. The van der Waals surface area contributed by atoms with Crippen LogP contribution in [0.15, 0.2) is 86.0 Å². The zero-order valence-electron chi connectivity index (χ0n) is 22.9. The van der Waals surface area contributed by atoms with Crippen LogP contribution in [0.1, 0.15) is 56.3 Å². The van der Waals surface area contributed by atoms with Crippen LogP contribution in [0.4, 0.5) is 0 Å². The van der Waals surface area contributed by atoms with E-state index < -0.39 is 18.1 Å². The van der Waals surface area contributed by atoms with Crippen molar-refractivity contribution in [1.82, 2.24) is 10.6 Å². The SMILES string of the molecule is C=CCCC[C@H](Cc1ccccc1)C(=O)O[C@@H](CNC(=O)[C@@H](CC=C)CC(=O)N[C@H](C)CO)c1ccccc1. The normalized spacial score (nSPS) is 13.8. The number of carbonyl (C=O) groups excluding carboxylic acids is 3. The summed E-state index contributed by atoms with van der Waals surface area (Å²) in [5.41, 5.74) is 1.83. The molecular weight excluding hydrogens is 492 g/mol. The van der Waals surface area contributed by atoms with Crippen LogP contribution in [0, 0.1) is 11.8 Å². The molecule has 0 unspecified atom stereocenters. The molecule has 7 nitrogen and oxygen atoms in total. The maximum Gasteiger partial charge on any atom is 0.309 e. The molecule has 3 N–H and O–H groups in total. The molecule has 210 valence electrons. The Morgan fingerprint density at radius 3 is 2.26 bits per heavy atom. The highest BCUT2D eigenvalue weighted by atomic mass is 16.5. The molecule has 2 aromatic rings. The van der Waals surface area contributed by atoms with Crippen molar-refractivity contribution in [2.45, 2.75) is 57.6 Å². The summed E-state index contributed by atoms with van der Waals surface area (Å²) in [4.78, 5) is 38.8. The summed E-state index contributed by atoms with van der Waals surface area (Å²) >= 11 is 0. The Labute approximate surface area is 232 Å². The summed E-state index contributed by atoms with van der Waals surface area (Å²) in [6.45, 7) is 9.05. The van der Waals surface area contributed by atoms with Crippen molar-refractivity contribution in [3.63, 3.8) is 0 Å². The van der Waals surface area contributed by atoms with Crippen LogP contribution >= 0.6 is 0 Å². The molecule has 0 radical (unpaired) electrons. The van der Waals surface area contributed by atoms with E-state index in [1.54, 1.807) is 13.0 Å². The molecule has 0 fully saturated rings. The van der Waals surface area contributed by atoms with Gasteiger partial charge in [-0.1, -0.05) is 72.8 Å². The minimum atomic E-state index is -0.687. The van der Waals surface area contributed by atoms with Crippen molar-refractivity contribution in [3.05, 3.63) is 97.1 Å². The third-order valence-electron chi connectivity index (χ3n) is 6.45. The van der Waals surface area contributed by atoms with E-state index in [-0.39, 0.29) is 43.3 Å². The second-order valence-electron chi connectivity index (χ2n) is 9.76. The zero-order chi connectivity index (χ0) is 28.5. The van der Waals surface area contributed by atoms with Gasteiger partial charge in [0.05, 0.1) is 25.0 Å². The standard InChI is InChI=1S/C32H42N2O5/c1-4-6-9-19-28(20-25-15-10-7-11-16-25)32(38)39-29(26-17-12-8-13-18-26)22-33-31(37)27(14-5-2)21-30(36)34-24(3)23-35/h4-5,7-8,10-13,15-18,24,27-29,35H,1-2,6,9,14,19-23H2,3H3,(H,33,37)(H,34,36)/t24-,27+,28-,29+/m1/s1. The third kappa shape index (κ3) is 11.7. The largest absolute Gasteiger partial charge is 0.455 e. The molecule has 0 aromatic heterocycles. The number of aliphatic hydroxyl groups is 1. The second kappa shape index (κ2) is 17.7. The molecule has 0 saturated heterocycles. The number of esters is 1. The van der Waals surface area contributed by atoms with Gasteiger partial charge in [-0.25, -0.2) is 0 Å². The van der Waals surface area contributed by atoms with Crippen LogP contribution in [0.2, 0.25) is 0 Å². The highest BCUT2D eigenvalue weighted by molar-refractivity contribution is 5.86.